The van der Waals surface area contributed by atoms with Crippen molar-refractivity contribution in [2.75, 3.05) is 0 Å². The zero-order valence-electron chi connectivity index (χ0n) is 13.8. The smallest absolute Gasteiger partial charge is 0.195 e. The van der Waals surface area contributed by atoms with Crippen molar-refractivity contribution in [2.24, 2.45) is 0 Å². The summed E-state index contributed by atoms with van der Waals surface area (Å²) in [5.74, 6) is 0.125. The van der Waals surface area contributed by atoms with Gasteiger partial charge in [0.15, 0.2) is 5.78 Å². The van der Waals surface area contributed by atoms with Gasteiger partial charge < -0.3 is 0 Å². The van der Waals surface area contributed by atoms with Gasteiger partial charge in [-0.1, -0.05) is 72.8 Å². The maximum atomic E-state index is 13.4. The van der Waals surface area contributed by atoms with Crippen LogP contribution in [0.1, 0.15) is 22.3 Å². The van der Waals surface area contributed by atoms with E-state index in [9.17, 15) is 4.79 Å². The van der Waals surface area contributed by atoms with Crippen LogP contribution in [0.25, 0.3) is 11.1 Å². The molecule has 1 aliphatic carbocycles. The Bertz CT molecular complexity index is 1000. The van der Waals surface area contributed by atoms with E-state index in [0.717, 1.165) is 43.8 Å². The predicted molar refractivity (Wildman–Crippen MR) is 98.1 cm³/mol. The fraction of sp³-hybridized carbons (Fsp3) is 0.0870. The van der Waals surface area contributed by atoms with Crippen LogP contribution in [0.15, 0.2) is 72.8 Å². The van der Waals surface area contributed by atoms with E-state index in [1.807, 2.05) is 48.5 Å². The van der Waals surface area contributed by atoms with E-state index in [2.05, 4.69) is 38.1 Å². The summed E-state index contributed by atoms with van der Waals surface area (Å²) >= 11 is 0. The molecule has 24 heavy (non-hydrogen) atoms. The van der Waals surface area contributed by atoms with Crippen molar-refractivity contribution in [1.29, 1.82) is 0 Å². The van der Waals surface area contributed by atoms with Crippen LogP contribution in [0.2, 0.25) is 0 Å². The third-order valence-corrected chi connectivity index (χ3v) is 4.75. The molecule has 1 aliphatic rings. The Labute approximate surface area is 141 Å². The molecule has 0 aliphatic heterocycles. The zero-order valence-corrected chi connectivity index (χ0v) is 13.8. The van der Waals surface area contributed by atoms with Crippen molar-refractivity contribution in [3.05, 3.63) is 105 Å². The van der Waals surface area contributed by atoms with Crippen LogP contribution in [0.5, 0.6) is 0 Å². The normalized spacial score (nSPS) is 13.3. The Morgan fingerprint density at radius 2 is 0.917 bits per heavy atom. The monoisotopic (exact) mass is 310 g/mol. The number of carbonyl (C=O) groups excluding carboxylic acids is 1. The van der Waals surface area contributed by atoms with Crippen LogP contribution in [0.4, 0.5) is 0 Å². The quantitative estimate of drug-likeness (QED) is 0.710. The molecule has 0 spiro atoms. The molecule has 116 valence electrons. The molecule has 0 radical (unpaired) electrons. The summed E-state index contributed by atoms with van der Waals surface area (Å²) in [6.07, 6.45) is 0. The number of ketones is 1. The van der Waals surface area contributed by atoms with E-state index in [1.165, 1.54) is 0 Å². The third-order valence-electron chi connectivity index (χ3n) is 4.75. The topological polar surface area (TPSA) is 17.1 Å². The molecule has 0 saturated carbocycles. The first-order valence-corrected chi connectivity index (χ1v) is 8.19. The van der Waals surface area contributed by atoms with E-state index in [1.54, 1.807) is 0 Å². The number of Topliss-reactive ketones (excluding diaryl/α,β-unsaturated/α-hetero) is 1. The molecule has 0 bridgehead atoms. The molecular formula is C23H18O. The maximum Gasteiger partial charge on any atom is 0.195 e. The van der Waals surface area contributed by atoms with Gasteiger partial charge in [0.25, 0.3) is 0 Å². The molecule has 0 aromatic heterocycles. The molecule has 3 aromatic rings. The lowest BCUT2D eigenvalue weighted by molar-refractivity contribution is -0.108. The Morgan fingerprint density at radius 3 is 1.33 bits per heavy atom. The summed E-state index contributed by atoms with van der Waals surface area (Å²) < 4.78 is 0. The van der Waals surface area contributed by atoms with E-state index < -0.39 is 0 Å². The highest BCUT2D eigenvalue weighted by atomic mass is 16.1. The molecule has 0 atom stereocenters. The van der Waals surface area contributed by atoms with E-state index in [0.29, 0.717) is 0 Å². The standard InChI is InChI=1S/C23H18O/c1-15-9-3-5-11-17(15)21-19-13-7-8-14-20(19)22(23(21)24)18-12-6-4-10-16(18)2/h3-14H,1-2H3. The number of hydrogen-bond donors (Lipinski definition) is 0. The molecule has 3 aromatic carbocycles. The van der Waals surface area contributed by atoms with Gasteiger partial charge in [-0.3, -0.25) is 4.79 Å². The van der Waals surface area contributed by atoms with Gasteiger partial charge in [-0.25, -0.2) is 0 Å². The summed E-state index contributed by atoms with van der Waals surface area (Å²) in [5.41, 5.74) is 5.95. The molecule has 0 N–H and O–H groups in total. The number of benzene rings is 3. The lowest BCUT2D eigenvalue weighted by atomic mass is 9.92. The van der Waals surface area contributed by atoms with E-state index in [-0.39, 0.29) is 5.78 Å². The van der Waals surface area contributed by atoms with E-state index in [4.69, 9.17) is 0 Å². The van der Waals surface area contributed by atoms with Crippen LogP contribution in [-0.4, -0.2) is 5.78 Å². The summed E-state index contributed by atoms with van der Waals surface area (Å²) in [7, 11) is 0. The minimum atomic E-state index is 0.125. The lowest BCUT2D eigenvalue weighted by Crippen LogP contribution is -2.24. The van der Waals surface area contributed by atoms with E-state index >= 15 is 0 Å². The molecule has 4 rings (SSSR count). The fourth-order valence-corrected chi connectivity index (χ4v) is 3.53. The van der Waals surface area contributed by atoms with Gasteiger partial charge >= 0.3 is 0 Å². The van der Waals surface area contributed by atoms with Crippen molar-refractivity contribution >= 4 is 16.9 Å². The molecule has 0 saturated heterocycles. The van der Waals surface area contributed by atoms with Gasteiger partial charge in [-0.05, 0) is 46.5 Å². The van der Waals surface area contributed by atoms with Gasteiger partial charge in [0, 0.05) is 11.1 Å². The number of hydrogen-bond acceptors (Lipinski definition) is 1. The summed E-state index contributed by atoms with van der Waals surface area (Å²) in [6, 6.07) is 24.3. The summed E-state index contributed by atoms with van der Waals surface area (Å²) in [5, 5.41) is 2.07. The first kappa shape index (κ1) is 14.6. The average Bonchev–Trinajstić information content (AvgIpc) is 2.88. The second kappa shape index (κ2) is 5.61. The average molecular weight is 310 g/mol. The highest BCUT2D eigenvalue weighted by molar-refractivity contribution is 6.43. The van der Waals surface area contributed by atoms with Crippen molar-refractivity contribution < 1.29 is 4.79 Å². The van der Waals surface area contributed by atoms with Gasteiger partial charge in [0.2, 0.25) is 0 Å². The van der Waals surface area contributed by atoms with Crippen molar-refractivity contribution in [3.8, 4) is 0 Å². The Morgan fingerprint density at radius 1 is 0.542 bits per heavy atom. The minimum Gasteiger partial charge on any atom is -0.289 e. The van der Waals surface area contributed by atoms with Crippen LogP contribution in [-0.2, 0) is 4.79 Å². The number of aryl methyl sites for hydroxylation is 2. The van der Waals surface area contributed by atoms with Crippen LogP contribution in [0, 0.1) is 13.8 Å². The Balaban J connectivity index is 2.11. The molecule has 0 fully saturated rings. The first-order valence-electron chi connectivity index (χ1n) is 8.19. The van der Waals surface area contributed by atoms with Crippen LogP contribution >= 0.6 is 0 Å². The van der Waals surface area contributed by atoms with Crippen LogP contribution in [0.3, 0.4) is 0 Å². The Hall–Kier alpha value is -2.93. The molecule has 1 nitrogen and oxygen atoms in total. The summed E-state index contributed by atoms with van der Waals surface area (Å²) in [6.45, 7) is 4.12. The van der Waals surface area contributed by atoms with Gasteiger partial charge in [-0.15, -0.1) is 0 Å². The molecule has 0 unspecified atom stereocenters. The molecule has 0 heterocycles. The lowest BCUT2D eigenvalue weighted by Gasteiger charge is -2.10. The fourth-order valence-electron chi connectivity index (χ4n) is 3.53. The van der Waals surface area contributed by atoms with Gasteiger partial charge in [0.05, 0.1) is 0 Å². The first-order chi connectivity index (χ1) is 11.7. The highest BCUT2D eigenvalue weighted by Crippen LogP contribution is 2.27. The zero-order chi connectivity index (χ0) is 16.7. The third kappa shape index (κ3) is 2.13. The van der Waals surface area contributed by atoms with Crippen molar-refractivity contribution in [2.45, 2.75) is 13.8 Å². The van der Waals surface area contributed by atoms with Crippen molar-refractivity contribution in [1.82, 2.24) is 0 Å². The van der Waals surface area contributed by atoms with Gasteiger partial charge in [0.1, 0.15) is 0 Å². The number of rotatable bonds is 2. The highest BCUT2D eigenvalue weighted by Gasteiger charge is 2.27. The van der Waals surface area contributed by atoms with Gasteiger partial charge in [-0.2, -0.15) is 0 Å². The van der Waals surface area contributed by atoms with Crippen molar-refractivity contribution in [3.63, 3.8) is 0 Å². The predicted octanol–water partition coefficient (Wildman–Crippen LogP) is 3.28. The molecular weight excluding hydrogens is 292 g/mol. The second-order valence-corrected chi connectivity index (χ2v) is 6.25. The maximum absolute atomic E-state index is 13.4. The molecule has 0 amide bonds. The molecule has 1 heteroatoms. The summed E-state index contributed by atoms with van der Waals surface area (Å²) in [4.78, 5) is 13.4. The SMILES string of the molecule is Cc1ccccc1C1=c2ccccc2=C(c2ccccc2C)C1=O. The minimum absolute atomic E-state index is 0.125. The second-order valence-electron chi connectivity index (χ2n) is 6.25. The number of carbonyl (C=O) groups is 1. The number of fused-ring (bicyclic) bond motifs is 1. The largest absolute Gasteiger partial charge is 0.289 e. The Kier molecular flexibility index (Phi) is 3.42. The van der Waals surface area contributed by atoms with Crippen LogP contribution < -0.4 is 10.4 Å².